The second-order valence-electron chi connectivity index (χ2n) is 7.34. The Morgan fingerprint density at radius 3 is 2.47 bits per heavy atom. The lowest BCUT2D eigenvalue weighted by Crippen LogP contribution is -2.17. The minimum absolute atomic E-state index is 0.293. The van der Waals surface area contributed by atoms with Crippen LogP contribution in [0.3, 0.4) is 0 Å². The van der Waals surface area contributed by atoms with Gasteiger partial charge in [-0.05, 0) is 60.5 Å². The molecule has 0 spiro atoms. The van der Waals surface area contributed by atoms with E-state index in [0.29, 0.717) is 64.0 Å². The van der Waals surface area contributed by atoms with Crippen molar-refractivity contribution in [3.63, 3.8) is 0 Å². The van der Waals surface area contributed by atoms with Gasteiger partial charge in [-0.15, -0.1) is 0 Å². The van der Waals surface area contributed by atoms with E-state index in [0.717, 1.165) is 5.56 Å². The summed E-state index contributed by atoms with van der Waals surface area (Å²) in [5.74, 6) is 1.40. The minimum Gasteiger partial charge on any atom is -0.493 e. The summed E-state index contributed by atoms with van der Waals surface area (Å²) in [4.78, 5) is 12.5. The molecule has 0 saturated heterocycles. The minimum atomic E-state index is -0.418. The molecule has 9 heteroatoms. The normalized spacial score (nSPS) is 10.7. The maximum atomic E-state index is 12.5. The molecular weight excluding hydrogens is 503 g/mol. The first-order chi connectivity index (χ1) is 17.4. The summed E-state index contributed by atoms with van der Waals surface area (Å²) in [7, 11) is 1.50. The summed E-state index contributed by atoms with van der Waals surface area (Å²) in [5.41, 5.74) is 4.40. The van der Waals surface area contributed by atoms with Gasteiger partial charge >= 0.3 is 0 Å². The molecule has 7 nitrogen and oxygen atoms in total. The number of nitrogens with one attached hydrogen (secondary N) is 1. The van der Waals surface area contributed by atoms with E-state index in [1.807, 2.05) is 19.1 Å². The van der Waals surface area contributed by atoms with E-state index < -0.39 is 5.91 Å². The summed E-state index contributed by atoms with van der Waals surface area (Å²) in [6, 6.07) is 15.6. The number of nitrogens with zero attached hydrogens (tertiary/aromatic N) is 1. The number of amides is 1. The molecule has 0 atom stereocenters. The fourth-order valence-electron chi connectivity index (χ4n) is 3.11. The van der Waals surface area contributed by atoms with E-state index in [1.165, 1.54) is 13.3 Å². The van der Waals surface area contributed by atoms with Crippen molar-refractivity contribution in [2.75, 3.05) is 20.3 Å². The van der Waals surface area contributed by atoms with Crippen LogP contribution in [-0.4, -0.2) is 32.4 Å². The average Bonchev–Trinajstić information content (AvgIpc) is 2.88. The van der Waals surface area contributed by atoms with Crippen LogP contribution < -0.4 is 24.4 Å². The lowest BCUT2D eigenvalue weighted by atomic mass is 10.2. The van der Waals surface area contributed by atoms with Crippen molar-refractivity contribution < 1.29 is 23.7 Å². The van der Waals surface area contributed by atoms with Gasteiger partial charge in [-0.3, -0.25) is 4.79 Å². The van der Waals surface area contributed by atoms with Crippen molar-refractivity contribution >= 4 is 35.3 Å². The van der Waals surface area contributed by atoms with Gasteiger partial charge in [0.25, 0.3) is 5.91 Å². The number of hydrazone groups is 1. The summed E-state index contributed by atoms with van der Waals surface area (Å²) in [6.07, 6.45) is 3.09. The fraction of sp³-hybridized carbons (Fsp3) is 0.185. The molecule has 0 saturated carbocycles. The third kappa shape index (κ3) is 7.41. The van der Waals surface area contributed by atoms with E-state index >= 15 is 0 Å². The Kier molecular flexibility index (Phi) is 10.0. The summed E-state index contributed by atoms with van der Waals surface area (Å²) in [6.45, 7) is 6.51. The highest BCUT2D eigenvalue weighted by molar-refractivity contribution is 6.32. The second kappa shape index (κ2) is 13.4. The Balaban J connectivity index is 1.70. The van der Waals surface area contributed by atoms with Gasteiger partial charge in [0, 0.05) is 10.6 Å². The zero-order valence-corrected chi connectivity index (χ0v) is 21.4. The molecule has 0 aliphatic rings. The molecule has 3 aromatic carbocycles. The van der Waals surface area contributed by atoms with Gasteiger partial charge in [0.15, 0.2) is 23.0 Å². The second-order valence-corrected chi connectivity index (χ2v) is 8.19. The van der Waals surface area contributed by atoms with Gasteiger partial charge in [0.1, 0.15) is 13.2 Å². The van der Waals surface area contributed by atoms with Crippen molar-refractivity contribution in [2.45, 2.75) is 13.5 Å². The molecule has 0 heterocycles. The molecule has 0 bridgehead atoms. The number of rotatable bonds is 12. The van der Waals surface area contributed by atoms with E-state index in [9.17, 15) is 4.79 Å². The molecule has 188 valence electrons. The number of hydrogen-bond acceptors (Lipinski definition) is 6. The monoisotopic (exact) mass is 528 g/mol. The van der Waals surface area contributed by atoms with E-state index in [-0.39, 0.29) is 0 Å². The first kappa shape index (κ1) is 26.9. The Morgan fingerprint density at radius 2 is 1.78 bits per heavy atom. The van der Waals surface area contributed by atoms with Crippen LogP contribution >= 0.6 is 23.2 Å². The number of carbonyl (C=O) groups is 1. The third-order valence-electron chi connectivity index (χ3n) is 4.79. The van der Waals surface area contributed by atoms with Crippen LogP contribution in [0.15, 0.2) is 72.4 Å². The zero-order chi connectivity index (χ0) is 25.9. The molecule has 0 unspecified atom stereocenters. The predicted molar refractivity (Wildman–Crippen MR) is 142 cm³/mol. The van der Waals surface area contributed by atoms with Crippen LogP contribution in [0.5, 0.6) is 23.0 Å². The molecule has 0 aliphatic heterocycles. The Morgan fingerprint density at radius 1 is 1.00 bits per heavy atom. The lowest BCUT2D eigenvalue weighted by molar-refractivity contribution is 0.0954. The topological polar surface area (TPSA) is 78.4 Å². The number of carbonyl (C=O) groups excluding carboxylic acids is 1. The Labute approximate surface area is 220 Å². The van der Waals surface area contributed by atoms with Crippen LogP contribution in [0.25, 0.3) is 0 Å². The number of hydrogen-bond donors (Lipinski definition) is 1. The van der Waals surface area contributed by atoms with Gasteiger partial charge in [0.05, 0.1) is 25.0 Å². The maximum Gasteiger partial charge on any atom is 0.271 e. The standard InChI is InChI=1S/C27H26Cl2N2O5/c1-4-12-35-23-11-8-20(15-24(23)33-3)27(32)31-30-16-19-13-22(29)26(25(14-19)34-5-2)36-17-18-6-9-21(28)10-7-18/h4,6-11,13-16H,1,5,12,17H2,2-3H3,(H,31,32)/b30-16+. The summed E-state index contributed by atoms with van der Waals surface area (Å²) in [5, 5.41) is 5.04. The van der Waals surface area contributed by atoms with Crippen LogP contribution in [0.4, 0.5) is 0 Å². The van der Waals surface area contributed by atoms with Crippen molar-refractivity contribution in [1.29, 1.82) is 0 Å². The Hall–Kier alpha value is -3.68. The van der Waals surface area contributed by atoms with Crippen LogP contribution in [0.2, 0.25) is 10.0 Å². The van der Waals surface area contributed by atoms with Gasteiger partial charge in [-0.25, -0.2) is 5.43 Å². The van der Waals surface area contributed by atoms with Crippen LogP contribution in [0, 0.1) is 0 Å². The van der Waals surface area contributed by atoms with E-state index in [2.05, 4.69) is 17.1 Å². The van der Waals surface area contributed by atoms with Crippen LogP contribution in [-0.2, 0) is 6.61 Å². The molecule has 0 aromatic heterocycles. The zero-order valence-electron chi connectivity index (χ0n) is 19.9. The molecule has 36 heavy (non-hydrogen) atoms. The molecule has 0 radical (unpaired) electrons. The highest BCUT2D eigenvalue weighted by Gasteiger charge is 2.14. The van der Waals surface area contributed by atoms with Crippen LogP contribution in [0.1, 0.15) is 28.4 Å². The Bertz CT molecular complexity index is 1230. The third-order valence-corrected chi connectivity index (χ3v) is 5.32. The first-order valence-electron chi connectivity index (χ1n) is 11.0. The quantitative estimate of drug-likeness (QED) is 0.169. The lowest BCUT2D eigenvalue weighted by Gasteiger charge is -2.14. The predicted octanol–water partition coefficient (Wildman–Crippen LogP) is 6.31. The molecular formula is C27H26Cl2N2O5. The molecule has 3 rings (SSSR count). The highest BCUT2D eigenvalue weighted by atomic mass is 35.5. The number of halogens is 2. The van der Waals surface area contributed by atoms with Crippen molar-refractivity contribution in [3.8, 4) is 23.0 Å². The number of ether oxygens (including phenoxy) is 4. The highest BCUT2D eigenvalue weighted by Crippen LogP contribution is 2.37. The maximum absolute atomic E-state index is 12.5. The number of methoxy groups -OCH3 is 1. The van der Waals surface area contributed by atoms with Crippen molar-refractivity contribution in [1.82, 2.24) is 5.43 Å². The molecule has 0 fully saturated rings. The molecule has 1 amide bonds. The van der Waals surface area contributed by atoms with E-state index in [4.69, 9.17) is 42.1 Å². The van der Waals surface area contributed by atoms with E-state index in [1.54, 1.807) is 48.5 Å². The first-order valence-corrected chi connectivity index (χ1v) is 11.8. The molecule has 3 aromatic rings. The molecule has 0 aliphatic carbocycles. The number of benzene rings is 3. The largest absolute Gasteiger partial charge is 0.493 e. The van der Waals surface area contributed by atoms with Gasteiger partial charge < -0.3 is 18.9 Å². The van der Waals surface area contributed by atoms with Crippen molar-refractivity contribution in [2.24, 2.45) is 5.10 Å². The van der Waals surface area contributed by atoms with Gasteiger partial charge in [0.2, 0.25) is 0 Å². The summed E-state index contributed by atoms with van der Waals surface area (Å²) < 4.78 is 22.4. The summed E-state index contributed by atoms with van der Waals surface area (Å²) >= 11 is 12.4. The molecule has 1 N–H and O–H groups in total. The SMILES string of the molecule is C=CCOc1ccc(C(=O)N/N=C/c2cc(Cl)c(OCc3ccc(Cl)cc3)c(OCC)c2)cc1OC. The van der Waals surface area contributed by atoms with Gasteiger partial charge in [-0.1, -0.05) is 48.0 Å². The fourth-order valence-corrected chi connectivity index (χ4v) is 3.51. The average molecular weight is 529 g/mol. The van der Waals surface area contributed by atoms with Crippen molar-refractivity contribution in [3.05, 3.63) is 94.0 Å². The van der Waals surface area contributed by atoms with Gasteiger partial charge in [-0.2, -0.15) is 5.10 Å². The smallest absolute Gasteiger partial charge is 0.271 e.